The molecular formula is C19H20N2O5. The average Bonchev–Trinajstić information content (AvgIpc) is 2.66. The molecule has 7 heteroatoms. The monoisotopic (exact) mass is 356 g/mol. The van der Waals surface area contributed by atoms with E-state index in [-0.39, 0.29) is 6.61 Å². The van der Waals surface area contributed by atoms with Crippen molar-refractivity contribution in [1.29, 1.82) is 0 Å². The smallest absolute Gasteiger partial charge is 0.338 e. The standard InChI is InChI=1S/C19H20N2O5/c1-21(2)15-6-4-14(5-7-15)20-18(22)12-26-19(23)13-3-8-16-17(11-13)25-10-9-24-16/h3-8,11H,9-10,12H2,1-2H3,(H,20,22). The molecule has 1 aliphatic rings. The maximum Gasteiger partial charge on any atom is 0.338 e. The number of benzene rings is 2. The number of hydrogen-bond acceptors (Lipinski definition) is 6. The summed E-state index contributed by atoms with van der Waals surface area (Å²) in [5, 5.41) is 2.69. The van der Waals surface area contributed by atoms with Gasteiger partial charge < -0.3 is 24.4 Å². The topological polar surface area (TPSA) is 77.1 Å². The molecule has 0 aromatic heterocycles. The summed E-state index contributed by atoms with van der Waals surface area (Å²) in [5.74, 6) is 0.0800. The zero-order valence-corrected chi connectivity index (χ0v) is 14.7. The van der Waals surface area contributed by atoms with E-state index in [1.54, 1.807) is 30.3 Å². The normalized spacial score (nSPS) is 12.2. The van der Waals surface area contributed by atoms with Gasteiger partial charge in [-0.3, -0.25) is 4.79 Å². The fraction of sp³-hybridized carbons (Fsp3) is 0.263. The van der Waals surface area contributed by atoms with Crippen LogP contribution in [0.3, 0.4) is 0 Å². The lowest BCUT2D eigenvalue weighted by Gasteiger charge is -2.18. The Labute approximate surface area is 151 Å². The number of amides is 1. The van der Waals surface area contributed by atoms with Crippen LogP contribution in [0.25, 0.3) is 0 Å². The third-order valence-electron chi connectivity index (χ3n) is 3.78. The van der Waals surface area contributed by atoms with Crippen molar-refractivity contribution in [3.8, 4) is 11.5 Å². The van der Waals surface area contributed by atoms with Crippen LogP contribution < -0.4 is 19.7 Å². The van der Waals surface area contributed by atoms with Crippen molar-refractivity contribution in [3.05, 3.63) is 48.0 Å². The number of rotatable bonds is 5. The predicted molar refractivity (Wildman–Crippen MR) is 97.1 cm³/mol. The summed E-state index contributed by atoms with van der Waals surface area (Å²) >= 11 is 0. The zero-order chi connectivity index (χ0) is 18.5. The first-order chi connectivity index (χ1) is 12.5. The first-order valence-electron chi connectivity index (χ1n) is 8.17. The third-order valence-corrected chi connectivity index (χ3v) is 3.78. The van der Waals surface area contributed by atoms with E-state index in [4.69, 9.17) is 14.2 Å². The number of nitrogens with one attached hydrogen (secondary N) is 1. The molecule has 0 saturated heterocycles. The molecule has 2 aromatic carbocycles. The van der Waals surface area contributed by atoms with Crippen molar-refractivity contribution in [3.63, 3.8) is 0 Å². The lowest BCUT2D eigenvalue weighted by molar-refractivity contribution is -0.119. The number of hydrogen-bond donors (Lipinski definition) is 1. The molecule has 1 aliphatic heterocycles. The van der Waals surface area contributed by atoms with Crippen LogP contribution in [0.4, 0.5) is 11.4 Å². The second-order valence-corrected chi connectivity index (χ2v) is 5.92. The average molecular weight is 356 g/mol. The molecule has 1 amide bonds. The van der Waals surface area contributed by atoms with Crippen LogP contribution in [0.2, 0.25) is 0 Å². The number of ether oxygens (including phenoxy) is 3. The van der Waals surface area contributed by atoms with Gasteiger partial charge in [0.25, 0.3) is 5.91 Å². The summed E-state index contributed by atoms with van der Waals surface area (Å²) in [6, 6.07) is 12.1. The Hall–Kier alpha value is -3.22. The number of carbonyl (C=O) groups is 2. The molecule has 0 radical (unpaired) electrons. The quantitative estimate of drug-likeness (QED) is 0.829. The van der Waals surface area contributed by atoms with Crippen LogP contribution in [-0.4, -0.2) is 45.8 Å². The third kappa shape index (κ3) is 4.24. The molecule has 1 heterocycles. The van der Waals surface area contributed by atoms with Gasteiger partial charge in [-0.1, -0.05) is 0 Å². The molecule has 0 fully saturated rings. The van der Waals surface area contributed by atoms with Gasteiger partial charge in [-0.2, -0.15) is 0 Å². The second kappa shape index (κ2) is 7.77. The van der Waals surface area contributed by atoms with Crippen LogP contribution in [-0.2, 0) is 9.53 Å². The van der Waals surface area contributed by atoms with E-state index in [0.29, 0.717) is 36.0 Å². The Morgan fingerprint density at radius 2 is 1.73 bits per heavy atom. The summed E-state index contributed by atoms with van der Waals surface area (Å²) in [4.78, 5) is 26.0. The van der Waals surface area contributed by atoms with Crippen LogP contribution in [0.1, 0.15) is 10.4 Å². The van der Waals surface area contributed by atoms with Gasteiger partial charge in [0.15, 0.2) is 18.1 Å². The number of anilines is 2. The zero-order valence-electron chi connectivity index (χ0n) is 14.7. The van der Waals surface area contributed by atoms with Gasteiger partial charge in [0, 0.05) is 25.5 Å². The minimum atomic E-state index is -0.597. The highest BCUT2D eigenvalue weighted by Gasteiger charge is 2.16. The lowest BCUT2D eigenvalue weighted by atomic mass is 10.2. The van der Waals surface area contributed by atoms with Crippen molar-refractivity contribution in [2.45, 2.75) is 0 Å². The summed E-state index contributed by atoms with van der Waals surface area (Å²) in [7, 11) is 3.87. The van der Waals surface area contributed by atoms with Gasteiger partial charge in [0.1, 0.15) is 13.2 Å². The van der Waals surface area contributed by atoms with E-state index in [9.17, 15) is 9.59 Å². The van der Waals surface area contributed by atoms with Crippen LogP contribution in [0.5, 0.6) is 11.5 Å². The number of carbonyl (C=O) groups excluding carboxylic acids is 2. The maximum atomic E-state index is 12.1. The Bertz CT molecular complexity index is 802. The maximum absolute atomic E-state index is 12.1. The number of esters is 1. The number of nitrogens with zero attached hydrogens (tertiary/aromatic N) is 1. The highest BCUT2D eigenvalue weighted by Crippen LogP contribution is 2.30. The molecular weight excluding hydrogens is 336 g/mol. The van der Waals surface area contributed by atoms with Crippen LogP contribution in [0.15, 0.2) is 42.5 Å². The first kappa shape index (κ1) is 17.6. The van der Waals surface area contributed by atoms with Crippen molar-refractivity contribution < 1.29 is 23.8 Å². The molecule has 2 aromatic rings. The lowest BCUT2D eigenvalue weighted by Crippen LogP contribution is -2.21. The Balaban J connectivity index is 1.53. The summed E-state index contributed by atoms with van der Waals surface area (Å²) in [5.41, 5.74) is 1.96. The van der Waals surface area contributed by atoms with Gasteiger partial charge in [-0.25, -0.2) is 4.79 Å². The molecule has 26 heavy (non-hydrogen) atoms. The molecule has 1 N–H and O–H groups in total. The molecule has 136 valence electrons. The van der Waals surface area contributed by atoms with Gasteiger partial charge in [0.05, 0.1) is 5.56 Å². The van der Waals surface area contributed by atoms with Crippen LogP contribution >= 0.6 is 0 Å². The van der Waals surface area contributed by atoms with E-state index in [0.717, 1.165) is 5.69 Å². The van der Waals surface area contributed by atoms with Crippen molar-refractivity contribution >= 4 is 23.3 Å². The van der Waals surface area contributed by atoms with Gasteiger partial charge in [-0.05, 0) is 42.5 Å². The van der Waals surface area contributed by atoms with E-state index in [2.05, 4.69) is 5.32 Å². The summed E-state index contributed by atoms with van der Waals surface area (Å²) in [6.45, 7) is 0.537. The molecule has 0 unspecified atom stereocenters. The summed E-state index contributed by atoms with van der Waals surface area (Å²) < 4.78 is 15.9. The van der Waals surface area contributed by atoms with Gasteiger partial charge in [-0.15, -0.1) is 0 Å². The van der Waals surface area contributed by atoms with Crippen molar-refractivity contribution in [1.82, 2.24) is 0 Å². The van der Waals surface area contributed by atoms with Crippen molar-refractivity contribution in [2.75, 3.05) is 44.1 Å². The van der Waals surface area contributed by atoms with E-state index in [1.807, 2.05) is 31.1 Å². The highest BCUT2D eigenvalue weighted by molar-refractivity contribution is 5.95. The predicted octanol–water partition coefficient (Wildman–Crippen LogP) is 2.32. The molecule has 0 aliphatic carbocycles. The minimum absolute atomic E-state index is 0.303. The fourth-order valence-corrected chi connectivity index (χ4v) is 2.42. The van der Waals surface area contributed by atoms with Gasteiger partial charge >= 0.3 is 5.97 Å². The molecule has 0 atom stereocenters. The van der Waals surface area contributed by atoms with Gasteiger partial charge in [0.2, 0.25) is 0 Å². The van der Waals surface area contributed by atoms with E-state index >= 15 is 0 Å². The van der Waals surface area contributed by atoms with Crippen molar-refractivity contribution in [2.24, 2.45) is 0 Å². The molecule has 0 spiro atoms. The number of fused-ring (bicyclic) bond motifs is 1. The van der Waals surface area contributed by atoms with E-state index < -0.39 is 11.9 Å². The molecule has 0 saturated carbocycles. The fourth-order valence-electron chi connectivity index (χ4n) is 2.42. The largest absolute Gasteiger partial charge is 0.486 e. The SMILES string of the molecule is CN(C)c1ccc(NC(=O)COC(=O)c2ccc3c(c2)OCCO3)cc1. The van der Waals surface area contributed by atoms with E-state index in [1.165, 1.54) is 0 Å². The Kier molecular flexibility index (Phi) is 5.26. The summed E-state index contributed by atoms with van der Waals surface area (Å²) in [6.07, 6.45) is 0. The Morgan fingerprint density at radius 1 is 1.04 bits per heavy atom. The van der Waals surface area contributed by atoms with Crippen LogP contribution in [0, 0.1) is 0 Å². The first-order valence-corrected chi connectivity index (χ1v) is 8.17. The molecule has 0 bridgehead atoms. The Morgan fingerprint density at radius 3 is 2.42 bits per heavy atom. The highest BCUT2D eigenvalue weighted by atomic mass is 16.6. The molecule has 3 rings (SSSR count). The molecule has 7 nitrogen and oxygen atoms in total. The second-order valence-electron chi connectivity index (χ2n) is 5.92. The minimum Gasteiger partial charge on any atom is -0.486 e.